The molecule has 7 nitrogen and oxygen atoms in total. The largest absolute Gasteiger partial charge is 0.497 e. The second kappa shape index (κ2) is 11.4. The number of amides is 2. The number of methoxy groups -OCH3 is 1. The Kier molecular flexibility index (Phi) is 7.90. The van der Waals surface area contributed by atoms with Crippen molar-refractivity contribution in [3.05, 3.63) is 83.4 Å². The zero-order chi connectivity index (χ0) is 24.6. The van der Waals surface area contributed by atoms with Gasteiger partial charge in [0.2, 0.25) is 5.91 Å². The molecule has 0 spiro atoms. The maximum atomic E-state index is 12.5. The second-order valence-corrected chi connectivity index (χ2v) is 8.20. The van der Waals surface area contributed by atoms with Gasteiger partial charge in [0, 0.05) is 23.3 Å². The standard InChI is InChI=1S/C27H25ClN2O5/c1-33-22-9-11-23(12-10-22)34-16-2-15-30-24-17-21(8-13-25(24)35-18-27(30)32)29-26(31)14-5-19-3-6-20(28)7-4-19/h3-14,17H,2,15-16,18H2,1H3,(H,29,31)/b14-5+. The molecule has 0 aromatic heterocycles. The van der Waals surface area contributed by atoms with Crippen LogP contribution >= 0.6 is 11.6 Å². The zero-order valence-corrected chi connectivity index (χ0v) is 20.0. The van der Waals surface area contributed by atoms with E-state index < -0.39 is 0 Å². The van der Waals surface area contributed by atoms with Gasteiger partial charge in [0.1, 0.15) is 17.2 Å². The highest BCUT2D eigenvalue weighted by molar-refractivity contribution is 6.30. The Hall–Kier alpha value is -3.97. The minimum absolute atomic E-state index is 0.0259. The third-order valence-electron chi connectivity index (χ3n) is 5.32. The van der Waals surface area contributed by atoms with Gasteiger partial charge < -0.3 is 24.4 Å². The summed E-state index contributed by atoms with van der Waals surface area (Å²) in [6.07, 6.45) is 3.77. The maximum Gasteiger partial charge on any atom is 0.265 e. The summed E-state index contributed by atoms with van der Waals surface area (Å²) in [6, 6.07) is 19.7. The molecule has 8 heteroatoms. The van der Waals surface area contributed by atoms with E-state index in [0.717, 1.165) is 17.1 Å². The maximum absolute atomic E-state index is 12.5. The molecular weight excluding hydrogens is 468 g/mol. The minimum atomic E-state index is -0.289. The van der Waals surface area contributed by atoms with Crippen molar-refractivity contribution in [3.63, 3.8) is 0 Å². The van der Waals surface area contributed by atoms with E-state index in [9.17, 15) is 9.59 Å². The lowest BCUT2D eigenvalue weighted by molar-refractivity contribution is -0.121. The number of rotatable bonds is 9. The predicted molar refractivity (Wildman–Crippen MR) is 137 cm³/mol. The number of nitrogens with zero attached hydrogens (tertiary/aromatic N) is 1. The fraction of sp³-hybridized carbons (Fsp3) is 0.185. The van der Waals surface area contributed by atoms with E-state index in [1.54, 1.807) is 48.4 Å². The number of nitrogens with one attached hydrogen (secondary N) is 1. The van der Waals surface area contributed by atoms with Gasteiger partial charge in [-0.15, -0.1) is 0 Å². The molecule has 0 fully saturated rings. The van der Waals surface area contributed by atoms with Gasteiger partial charge in [-0.3, -0.25) is 9.59 Å². The zero-order valence-electron chi connectivity index (χ0n) is 19.2. The Morgan fingerprint density at radius 2 is 1.83 bits per heavy atom. The number of fused-ring (bicyclic) bond motifs is 1. The molecule has 0 atom stereocenters. The fourth-order valence-electron chi connectivity index (χ4n) is 3.54. The van der Waals surface area contributed by atoms with Gasteiger partial charge in [-0.1, -0.05) is 23.7 Å². The van der Waals surface area contributed by atoms with Crippen LogP contribution in [0.2, 0.25) is 5.02 Å². The summed E-state index contributed by atoms with van der Waals surface area (Å²) in [5, 5.41) is 3.46. The summed E-state index contributed by atoms with van der Waals surface area (Å²) < 4.78 is 16.5. The van der Waals surface area contributed by atoms with Crippen molar-refractivity contribution in [1.82, 2.24) is 0 Å². The molecule has 2 amide bonds. The first-order valence-electron chi connectivity index (χ1n) is 11.1. The monoisotopic (exact) mass is 492 g/mol. The first kappa shape index (κ1) is 24.2. The number of ether oxygens (including phenoxy) is 3. The van der Waals surface area contributed by atoms with Crippen LogP contribution in [-0.4, -0.2) is 38.7 Å². The molecule has 1 aliphatic rings. The molecule has 1 aliphatic heterocycles. The molecule has 0 saturated carbocycles. The van der Waals surface area contributed by atoms with Crippen LogP contribution in [0.4, 0.5) is 11.4 Å². The summed E-state index contributed by atoms with van der Waals surface area (Å²) in [7, 11) is 1.61. The van der Waals surface area contributed by atoms with Crippen molar-refractivity contribution in [1.29, 1.82) is 0 Å². The number of carbonyl (C=O) groups is 2. The minimum Gasteiger partial charge on any atom is -0.497 e. The van der Waals surface area contributed by atoms with Crippen molar-refractivity contribution >= 4 is 40.9 Å². The number of benzene rings is 3. The van der Waals surface area contributed by atoms with E-state index in [-0.39, 0.29) is 18.4 Å². The molecule has 0 unspecified atom stereocenters. The highest BCUT2D eigenvalue weighted by Crippen LogP contribution is 2.34. The quantitative estimate of drug-likeness (QED) is 0.328. The number of anilines is 2. The van der Waals surface area contributed by atoms with Crippen LogP contribution in [0, 0.1) is 0 Å². The molecule has 0 bridgehead atoms. The molecule has 35 heavy (non-hydrogen) atoms. The van der Waals surface area contributed by atoms with Crippen molar-refractivity contribution in [3.8, 4) is 17.2 Å². The smallest absolute Gasteiger partial charge is 0.265 e. The molecule has 1 heterocycles. The lowest BCUT2D eigenvalue weighted by Crippen LogP contribution is -2.39. The SMILES string of the molecule is COc1ccc(OCCCN2C(=O)COc3ccc(NC(=O)/C=C/c4ccc(Cl)cc4)cc32)cc1. The van der Waals surface area contributed by atoms with Crippen LogP contribution in [-0.2, 0) is 9.59 Å². The second-order valence-electron chi connectivity index (χ2n) is 7.77. The molecule has 0 radical (unpaired) electrons. The van der Waals surface area contributed by atoms with Crippen LogP contribution in [0.3, 0.4) is 0 Å². The predicted octanol–water partition coefficient (Wildman–Crippen LogP) is 5.20. The summed E-state index contributed by atoms with van der Waals surface area (Å²) in [5.41, 5.74) is 2.04. The Balaban J connectivity index is 1.36. The Labute approximate surface area is 208 Å². The average molecular weight is 493 g/mol. The van der Waals surface area contributed by atoms with Crippen molar-refractivity contribution in [2.24, 2.45) is 0 Å². The molecule has 0 saturated heterocycles. The van der Waals surface area contributed by atoms with E-state index in [0.29, 0.717) is 41.7 Å². The number of hydrogen-bond donors (Lipinski definition) is 1. The van der Waals surface area contributed by atoms with E-state index in [1.165, 1.54) is 6.08 Å². The molecule has 0 aliphatic carbocycles. The van der Waals surface area contributed by atoms with E-state index in [1.807, 2.05) is 36.4 Å². The van der Waals surface area contributed by atoms with Gasteiger partial charge in [-0.2, -0.15) is 0 Å². The summed E-state index contributed by atoms with van der Waals surface area (Å²) >= 11 is 5.89. The molecule has 180 valence electrons. The number of hydrogen-bond acceptors (Lipinski definition) is 5. The summed E-state index contributed by atoms with van der Waals surface area (Å²) in [4.78, 5) is 26.6. The van der Waals surface area contributed by atoms with Gasteiger partial charge in [0.05, 0.1) is 19.4 Å². The van der Waals surface area contributed by atoms with Gasteiger partial charge in [-0.25, -0.2) is 0 Å². The molecule has 3 aromatic carbocycles. The average Bonchev–Trinajstić information content (AvgIpc) is 2.87. The van der Waals surface area contributed by atoms with E-state index in [4.69, 9.17) is 25.8 Å². The van der Waals surface area contributed by atoms with Crippen molar-refractivity contribution in [2.45, 2.75) is 6.42 Å². The van der Waals surface area contributed by atoms with Crippen LogP contribution < -0.4 is 24.4 Å². The first-order chi connectivity index (χ1) is 17.0. The number of halogens is 1. The Morgan fingerprint density at radius 3 is 2.57 bits per heavy atom. The molecule has 4 rings (SSSR count). The highest BCUT2D eigenvalue weighted by atomic mass is 35.5. The Morgan fingerprint density at radius 1 is 1.09 bits per heavy atom. The third-order valence-corrected chi connectivity index (χ3v) is 5.57. The van der Waals surface area contributed by atoms with Crippen molar-refractivity contribution < 1.29 is 23.8 Å². The van der Waals surface area contributed by atoms with E-state index in [2.05, 4.69) is 5.32 Å². The highest BCUT2D eigenvalue weighted by Gasteiger charge is 2.25. The molecular formula is C27H25ClN2O5. The van der Waals surface area contributed by atoms with Crippen LogP contribution in [0.5, 0.6) is 17.2 Å². The lowest BCUT2D eigenvalue weighted by Gasteiger charge is -2.29. The van der Waals surface area contributed by atoms with Gasteiger partial charge in [0.15, 0.2) is 6.61 Å². The summed E-state index contributed by atoms with van der Waals surface area (Å²) in [5.74, 6) is 1.65. The summed E-state index contributed by atoms with van der Waals surface area (Å²) in [6.45, 7) is 0.874. The number of carbonyl (C=O) groups excluding carboxylic acids is 2. The molecule has 3 aromatic rings. The Bertz CT molecular complexity index is 1210. The first-order valence-corrected chi connectivity index (χ1v) is 11.5. The fourth-order valence-corrected chi connectivity index (χ4v) is 3.67. The van der Waals surface area contributed by atoms with Crippen LogP contribution in [0.1, 0.15) is 12.0 Å². The van der Waals surface area contributed by atoms with Crippen LogP contribution in [0.15, 0.2) is 72.8 Å². The lowest BCUT2D eigenvalue weighted by atomic mass is 10.2. The van der Waals surface area contributed by atoms with Gasteiger partial charge >= 0.3 is 0 Å². The third kappa shape index (κ3) is 6.55. The van der Waals surface area contributed by atoms with Crippen LogP contribution in [0.25, 0.3) is 6.08 Å². The molecule has 1 N–H and O–H groups in total. The van der Waals surface area contributed by atoms with Gasteiger partial charge in [0.25, 0.3) is 5.91 Å². The van der Waals surface area contributed by atoms with E-state index >= 15 is 0 Å². The normalized spacial score (nSPS) is 12.7. The van der Waals surface area contributed by atoms with Crippen molar-refractivity contribution in [2.75, 3.05) is 37.1 Å². The topological polar surface area (TPSA) is 77.1 Å². The van der Waals surface area contributed by atoms with Gasteiger partial charge in [-0.05, 0) is 72.7 Å².